The quantitative estimate of drug-likeness (QED) is 0.517. The first-order valence-corrected chi connectivity index (χ1v) is 9.71. The zero-order valence-electron chi connectivity index (χ0n) is 15.0. The van der Waals surface area contributed by atoms with Crippen molar-refractivity contribution in [2.75, 3.05) is 0 Å². The van der Waals surface area contributed by atoms with Crippen LogP contribution in [0.5, 0.6) is 0 Å². The van der Waals surface area contributed by atoms with Crippen LogP contribution in [0.1, 0.15) is 36.8 Å². The Kier molecular flexibility index (Phi) is 4.73. The molecular formula is C23H20ClFO2. The van der Waals surface area contributed by atoms with Crippen molar-refractivity contribution in [3.63, 3.8) is 0 Å². The molecule has 3 aliphatic rings. The molecule has 0 N–H and O–H groups in total. The van der Waals surface area contributed by atoms with Crippen molar-refractivity contribution < 1.29 is 14.0 Å². The predicted molar refractivity (Wildman–Crippen MR) is 104 cm³/mol. The Balaban J connectivity index is 1.84. The molecule has 3 aliphatic carbocycles. The fourth-order valence-electron chi connectivity index (χ4n) is 4.25. The lowest BCUT2D eigenvalue weighted by Crippen LogP contribution is -2.26. The molecule has 0 aliphatic heterocycles. The number of aryl methyl sites for hydroxylation is 1. The van der Waals surface area contributed by atoms with E-state index < -0.39 is 11.7 Å². The molecule has 0 radical (unpaired) electrons. The minimum atomic E-state index is -0.761. The van der Waals surface area contributed by atoms with E-state index in [-0.39, 0.29) is 23.4 Å². The maximum Gasteiger partial charge on any atom is 0.154 e. The number of ketones is 2. The Morgan fingerprint density at radius 1 is 1.00 bits per heavy atom. The number of fused-ring (bicyclic) bond motifs is 3. The number of benzene rings is 2. The van der Waals surface area contributed by atoms with E-state index in [1.165, 1.54) is 6.07 Å². The molecule has 2 nitrogen and oxygen atoms in total. The first-order valence-electron chi connectivity index (χ1n) is 9.33. The first-order chi connectivity index (χ1) is 13.0. The standard InChI is InChI=1S/C23H20ClFO2/c1-2-13-3-8-16(18-10-9-17(24)12-20(18)25)11-19(13)21-22(26)14-4-5-15(7-6-14)23(21)27/h3-5,8-12,14-15,21H,2,6-7H2,1H3/t14-,15+,21?. The molecule has 0 spiro atoms. The zero-order valence-corrected chi connectivity index (χ0v) is 15.8. The molecule has 2 aromatic rings. The summed E-state index contributed by atoms with van der Waals surface area (Å²) in [5.74, 6) is -1.63. The Morgan fingerprint density at radius 3 is 2.22 bits per heavy atom. The van der Waals surface area contributed by atoms with Gasteiger partial charge in [0.25, 0.3) is 0 Å². The van der Waals surface area contributed by atoms with Crippen molar-refractivity contribution >= 4 is 23.2 Å². The molecule has 3 atom stereocenters. The summed E-state index contributed by atoms with van der Waals surface area (Å²) in [7, 11) is 0. The fourth-order valence-corrected chi connectivity index (χ4v) is 4.40. The number of carbonyl (C=O) groups excluding carboxylic acids is 2. The van der Waals surface area contributed by atoms with E-state index in [0.29, 0.717) is 22.6 Å². The number of hydrogen-bond donors (Lipinski definition) is 0. The molecule has 1 unspecified atom stereocenters. The highest BCUT2D eigenvalue weighted by atomic mass is 35.5. The lowest BCUT2D eigenvalue weighted by Gasteiger charge is -2.20. The second kappa shape index (κ2) is 7.05. The molecule has 27 heavy (non-hydrogen) atoms. The van der Waals surface area contributed by atoms with E-state index in [2.05, 4.69) is 0 Å². The van der Waals surface area contributed by atoms with Gasteiger partial charge < -0.3 is 0 Å². The summed E-state index contributed by atoms with van der Waals surface area (Å²) in [5, 5.41) is 0.332. The number of carbonyl (C=O) groups is 2. The van der Waals surface area contributed by atoms with Gasteiger partial charge in [-0.05, 0) is 60.2 Å². The molecule has 0 saturated heterocycles. The van der Waals surface area contributed by atoms with E-state index in [0.717, 1.165) is 24.0 Å². The molecule has 138 valence electrons. The zero-order chi connectivity index (χ0) is 19.1. The molecule has 5 rings (SSSR count). The van der Waals surface area contributed by atoms with Gasteiger partial charge in [-0.2, -0.15) is 0 Å². The van der Waals surface area contributed by atoms with Gasteiger partial charge in [0.05, 0.1) is 0 Å². The Labute approximate surface area is 163 Å². The van der Waals surface area contributed by atoms with Crippen LogP contribution in [-0.2, 0) is 16.0 Å². The second-order valence-corrected chi connectivity index (χ2v) is 7.74. The van der Waals surface area contributed by atoms with Crippen LogP contribution in [-0.4, -0.2) is 11.6 Å². The van der Waals surface area contributed by atoms with Crippen molar-refractivity contribution in [1.29, 1.82) is 0 Å². The number of halogens is 2. The topological polar surface area (TPSA) is 34.1 Å². The molecule has 4 heteroatoms. The smallest absolute Gasteiger partial charge is 0.154 e. The Bertz CT molecular complexity index is 937. The summed E-state index contributed by atoms with van der Waals surface area (Å²) >= 11 is 5.86. The van der Waals surface area contributed by atoms with Gasteiger partial charge in [-0.3, -0.25) is 9.59 Å². The Hall–Kier alpha value is -2.26. The summed E-state index contributed by atoms with van der Waals surface area (Å²) in [4.78, 5) is 26.2. The number of Topliss-reactive ketones (excluding diaryl/α,β-unsaturated/α-hetero) is 2. The molecule has 1 fully saturated rings. The normalized spacial score (nSPS) is 24.3. The van der Waals surface area contributed by atoms with Crippen LogP contribution >= 0.6 is 11.6 Å². The average Bonchev–Trinajstić information content (AvgIpc) is 2.86. The largest absolute Gasteiger partial charge is 0.298 e. The fraction of sp³-hybridized carbons (Fsp3) is 0.304. The van der Waals surface area contributed by atoms with Crippen LogP contribution in [0.3, 0.4) is 0 Å². The maximum atomic E-state index is 14.4. The van der Waals surface area contributed by atoms with Crippen LogP contribution in [0.4, 0.5) is 4.39 Å². The van der Waals surface area contributed by atoms with Crippen molar-refractivity contribution in [2.24, 2.45) is 11.8 Å². The monoisotopic (exact) mass is 382 g/mol. The van der Waals surface area contributed by atoms with E-state index in [1.807, 2.05) is 37.3 Å². The van der Waals surface area contributed by atoms with Crippen LogP contribution in [0, 0.1) is 17.7 Å². The molecular weight excluding hydrogens is 363 g/mol. The highest BCUT2D eigenvalue weighted by Crippen LogP contribution is 2.40. The molecule has 0 heterocycles. The predicted octanol–water partition coefficient (Wildman–Crippen LogP) is 5.53. The van der Waals surface area contributed by atoms with Crippen LogP contribution in [0.25, 0.3) is 11.1 Å². The molecule has 0 aromatic heterocycles. The third-order valence-electron chi connectivity index (χ3n) is 5.74. The lowest BCUT2D eigenvalue weighted by atomic mass is 9.81. The highest BCUT2D eigenvalue weighted by molar-refractivity contribution is 6.30. The van der Waals surface area contributed by atoms with Gasteiger partial charge in [-0.25, -0.2) is 4.39 Å². The van der Waals surface area contributed by atoms with Crippen molar-refractivity contribution in [1.82, 2.24) is 0 Å². The molecule has 2 aromatic carbocycles. The van der Waals surface area contributed by atoms with E-state index in [4.69, 9.17) is 11.6 Å². The molecule has 0 amide bonds. The van der Waals surface area contributed by atoms with Gasteiger partial charge >= 0.3 is 0 Å². The molecule has 2 bridgehead atoms. The molecule has 1 saturated carbocycles. The third kappa shape index (κ3) is 3.14. The van der Waals surface area contributed by atoms with Crippen molar-refractivity contribution in [3.05, 3.63) is 70.5 Å². The van der Waals surface area contributed by atoms with E-state index in [1.54, 1.807) is 12.1 Å². The summed E-state index contributed by atoms with van der Waals surface area (Å²) in [6.45, 7) is 2.00. The summed E-state index contributed by atoms with van der Waals surface area (Å²) < 4.78 is 14.4. The third-order valence-corrected chi connectivity index (χ3v) is 5.98. The summed E-state index contributed by atoms with van der Waals surface area (Å²) in [6.07, 6.45) is 5.95. The van der Waals surface area contributed by atoms with Gasteiger partial charge in [0.1, 0.15) is 11.7 Å². The first kappa shape index (κ1) is 18.1. The van der Waals surface area contributed by atoms with Gasteiger partial charge in [-0.1, -0.05) is 42.8 Å². The minimum absolute atomic E-state index is 0.0281. The van der Waals surface area contributed by atoms with Gasteiger partial charge in [-0.15, -0.1) is 0 Å². The van der Waals surface area contributed by atoms with Crippen LogP contribution < -0.4 is 0 Å². The van der Waals surface area contributed by atoms with Crippen LogP contribution in [0.2, 0.25) is 5.02 Å². The number of rotatable bonds is 3. The highest BCUT2D eigenvalue weighted by Gasteiger charge is 2.42. The van der Waals surface area contributed by atoms with E-state index in [9.17, 15) is 14.0 Å². The van der Waals surface area contributed by atoms with Crippen molar-refractivity contribution in [2.45, 2.75) is 32.1 Å². The maximum absolute atomic E-state index is 14.4. The van der Waals surface area contributed by atoms with Crippen LogP contribution in [0.15, 0.2) is 48.6 Å². The average molecular weight is 383 g/mol. The van der Waals surface area contributed by atoms with E-state index >= 15 is 0 Å². The number of allylic oxidation sites excluding steroid dienone is 2. The lowest BCUT2D eigenvalue weighted by molar-refractivity contribution is -0.130. The second-order valence-electron chi connectivity index (χ2n) is 7.30. The minimum Gasteiger partial charge on any atom is -0.298 e. The number of hydrogen-bond acceptors (Lipinski definition) is 2. The van der Waals surface area contributed by atoms with Gasteiger partial charge in [0.15, 0.2) is 11.6 Å². The summed E-state index contributed by atoms with van der Waals surface area (Å²) in [6, 6.07) is 10.1. The Morgan fingerprint density at radius 2 is 1.67 bits per heavy atom. The van der Waals surface area contributed by atoms with Gasteiger partial charge in [0, 0.05) is 22.4 Å². The SMILES string of the molecule is CCc1ccc(-c2ccc(Cl)cc2F)cc1C1C(=O)[C@@H]2C=C[C@@H](CC2)C1=O. The van der Waals surface area contributed by atoms with Gasteiger partial charge in [0.2, 0.25) is 0 Å². The summed E-state index contributed by atoms with van der Waals surface area (Å²) in [5.41, 5.74) is 2.75. The van der Waals surface area contributed by atoms with Crippen molar-refractivity contribution in [3.8, 4) is 11.1 Å².